The SMILES string of the molecule is OCCC1OC(O)/C(O)=C(/O)C(CCO)OC(O)/C(O)=C(\O)C(CCO)OC(O)/C(O)=C(/O)C(CCO)OC(O)/C(O)=C(/O)C(CCO)OC2OC(CO)C(OC3OC(CO)C(OC(O)/C(O)=C(/O)C(CCO)OC(O)/C(O)=C\1O)C(O)C3O)C(O)C2O. The van der Waals surface area contributed by atoms with E-state index in [9.17, 15) is 153 Å². The van der Waals surface area contributed by atoms with Crippen molar-refractivity contribution < 1.29 is 201 Å². The van der Waals surface area contributed by atoms with Crippen LogP contribution in [0.5, 0.6) is 0 Å². The van der Waals surface area contributed by atoms with E-state index in [-0.39, 0.29) is 0 Å². The number of hydrogen-bond donors (Lipinski definition) is 30. The highest BCUT2D eigenvalue weighted by atomic mass is 16.8. The summed E-state index contributed by atoms with van der Waals surface area (Å²) in [6.07, 6.45) is -57.7. The van der Waals surface area contributed by atoms with Crippen LogP contribution in [-0.4, -0.2) is 342 Å². The van der Waals surface area contributed by atoms with Gasteiger partial charge in [0.2, 0.25) is 37.7 Å². The minimum absolute atomic E-state index is 0.778. The molecule has 5 rings (SSSR count). The first-order valence-electron chi connectivity index (χ1n) is 26.4. The number of aliphatic hydroxyl groups is 30. The number of rotatable bonds is 14. The van der Waals surface area contributed by atoms with Gasteiger partial charge in [-0.3, -0.25) is 0 Å². The van der Waals surface area contributed by atoms with Crippen molar-refractivity contribution in [3.8, 4) is 0 Å². The predicted octanol–water partition coefficient (Wildman–Crippen LogP) is -7.87. The molecule has 2 fully saturated rings. The summed E-state index contributed by atoms with van der Waals surface area (Å²) in [5.74, 6) is -19.5. The van der Waals surface area contributed by atoms with Crippen LogP contribution in [0.15, 0.2) is 69.1 Å². The van der Waals surface area contributed by atoms with E-state index >= 15 is 0 Å². The average molecular weight is 1300 g/mol. The molecular weight excluding hydrogens is 1220 g/mol. The zero-order valence-electron chi connectivity index (χ0n) is 46.1. The molecule has 5 aliphatic rings. The zero-order valence-corrected chi connectivity index (χ0v) is 46.1. The minimum atomic E-state index is -2.90. The largest absolute Gasteiger partial charge is 0.506 e. The number of hydrogen-bond acceptors (Lipinski definition) is 40. The third-order valence-electron chi connectivity index (χ3n) is 13.1. The second-order valence-electron chi connectivity index (χ2n) is 19.2. The van der Waals surface area contributed by atoms with Crippen molar-refractivity contribution in [1.29, 1.82) is 0 Å². The van der Waals surface area contributed by atoms with E-state index in [4.69, 9.17) is 47.4 Å². The lowest BCUT2D eigenvalue weighted by molar-refractivity contribution is -0.368. The molecule has 88 heavy (non-hydrogen) atoms. The van der Waals surface area contributed by atoms with Crippen molar-refractivity contribution in [3.63, 3.8) is 0 Å². The van der Waals surface area contributed by atoms with E-state index in [1.54, 1.807) is 0 Å². The molecule has 0 aromatic rings. The zero-order chi connectivity index (χ0) is 66.6. The van der Waals surface area contributed by atoms with Crippen LogP contribution < -0.4 is 0 Å². The number of aliphatic hydroxyl groups excluding tert-OH is 30. The summed E-state index contributed by atoms with van der Waals surface area (Å²) >= 11 is 0. The fourth-order valence-electron chi connectivity index (χ4n) is 8.36. The van der Waals surface area contributed by atoms with Gasteiger partial charge in [0, 0.05) is 78.2 Å². The van der Waals surface area contributed by atoms with Gasteiger partial charge in [0.05, 0.1) is 13.2 Å². The maximum atomic E-state index is 11.2. The fraction of sp³-hybridized carbons (Fsp3) is 0.750. The Labute approximate surface area is 496 Å². The van der Waals surface area contributed by atoms with Crippen LogP contribution in [0.25, 0.3) is 0 Å². The number of fused-ring (bicyclic) bond motifs is 2. The summed E-state index contributed by atoms with van der Waals surface area (Å²) in [6, 6.07) is 0. The Morgan fingerprint density at radius 3 is 0.625 bits per heavy atom. The van der Waals surface area contributed by atoms with Gasteiger partial charge < -0.3 is 201 Å². The van der Waals surface area contributed by atoms with E-state index in [0.29, 0.717) is 0 Å². The molecule has 5 aliphatic heterocycles. The van der Waals surface area contributed by atoms with E-state index in [0.717, 1.165) is 0 Å². The molecule has 0 amide bonds. The third kappa shape index (κ3) is 20.0. The molecule has 0 aromatic carbocycles. The Bertz CT molecular complexity index is 2310. The Balaban J connectivity index is 2.22. The summed E-state index contributed by atoms with van der Waals surface area (Å²) in [6.45, 7) is -8.40. The van der Waals surface area contributed by atoms with E-state index in [2.05, 4.69) is 0 Å². The third-order valence-corrected chi connectivity index (χ3v) is 13.1. The lowest BCUT2D eigenvalue weighted by Gasteiger charge is -2.47. The van der Waals surface area contributed by atoms with E-state index in [1.165, 1.54) is 0 Å². The standard InChI is InChI=1S/C48H80O40/c49-7-1-15-23(57)32(66)42(74)81-17(3-9-51)25(59)34(68)44(76)83-19(5-11-53)27(61)36(70)46(78)87-39-21(13-55)86-48(38(72)29(39)63)88-40-22(14-56)85-47(37(71)30(40)64)84-20(6-12-54)28(62)35(69)45(77)82-18(4-10-52)26(60)33(67)43(75)80-16(2-8-50)24(58)31(65)41(73)79-15/h15-22,29-30,37-78H,1-14H2/b31-24+,32-23-,33-26-,34-25-,35-28-,36-27-. The van der Waals surface area contributed by atoms with Crippen molar-refractivity contribution in [1.82, 2.24) is 0 Å². The molecule has 30 N–H and O–H groups in total. The molecule has 2 saturated heterocycles. The van der Waals surface area contributed by atoms with Crippen LogP contribution in [0, 0.1) is 0 Å². The maximum Gasteiger partial charge on any atom is 0.218 e. The number of ether oxygens (including phenoxy) is 10. The molecule has 0 aliphatic carbocycles. The molecule has 0 spiro atoms. The fourth-order valence-corrected chi connectivity index (χ4v) is 8.36. The van der Waals surface area contributed by atoms with Crippen LogP contribution in [0.4, 0.5) is 0 Å². The highest BCUT2D eigenvalue weighted by molar-refractivity contribution is 5.15. The molecule has 0 saturated carbocycles. The van der Waals surface area contributed by atoms with Crippen molar-refractivity contribution >= 4 is 0 Å². The Morgan fingerprint density at radius 1 is 0.216 bits per heavy atom. The van der Waals surface area contributed by atoms with Crippen molar-refractivity contribution in [2.24, 2.45) is 0 Å². The lowest BCUT2D eigenvalue weighted by Crippen LogP contribution is -2.65. The van der Waals surface area contributed by atoms with Gasteiger partial charge in [-0.2, -0.15) is 0 Å². The molecule has 22 atom stereocenters. The van der Waals surface area contributed by atoms with Crippen LogP contribution in [-0.2, 0) is 47.4 Å². The summed E-state index contributed by atoms with van der Waals surface area (Å²) < 4.78 is 52.4. The highest BCUT2D eigenvalue weighted by Gasteiger charge is 2.53. The molecule has 40 heteroatoms. The monoisotopic (exact) mass is 1300 g/mol. The van der Waals surface area contributed by atoms with Gasteiger partial charge in [-0.05, 0) is 0 Å². The van der Waals surface area contributed by atoms with Crippen molar-refractivity contribution in [3.05, 3.63) is 69.1 Å². The Morgan fingerprint density at radius 2 is 0.409 bits per heavy atom. The summed E-state index contributed by atoms with van der Waals surface area (Å²) in [5.41, 5.74) is 0. The van der Waals surface area contributed by atoms with Crippen LogP contribution >= 0.6 is 0 Å². The van der Waals surface area contributed by atoms with Gasteiger partial charge in [0.1, 0.15) is 85.5 Å². The first-order chi connectivity index (χ1) is 41.5. The van der Waals surface area contributed by atoms with Crippen molar-refractivity contribution in [2.45, 2.75) is 174 Å². The smallest absolute Gasteiger partial charge is 0.218 e. The average Bonchev–Trinajstić information content (AvgIpc) is 1.03. The van der Waals surface area contributed by atoms with E-state index < -0.39 is 296 Å². The Hall–Kier alpha value is -5.08. The summed E-state index contributed by atoms with van der Waals surface area (Å²) in [5, 5.41) is 318. The normalized spacial score (nSPS) is 42.3. The topological polar surface area (TPSA) is 699 Å². The molecule has 22 unspecified atom stereocenters. The first-order valence-corrected chi connectivity index (χ1v) is 26.4. The van der Waals surface area contributed by atoms with Gasteiger partial charge in [-0.25, -0.2) is 0 Å². The molecule has 0 aromatic heterocycles. The minimum Gasteiger partial charge on any atom is -0.506 e. The first kappa shape index (κ1) is 77.2. The molecule has 5 heterocycles. The Kier molecular flexibility index (Phi) is 32.2. The van der Waals surface area contributed by atoms with Crippen LogP contribution in [0.2, 0.25) is 0 Å². The molecular formula is C48H80O40. The van der Waals surface area contributed by atoms with Gasteiger partial charge in [0.15, 0.2) is 81.7 Å². The second-order valence-corrected chi connectivity index (χ2v) is 19.2. The van der Waals surface area contributed by atoms with Gasteiger partial charge in [-0.1, -0.05) is 0 Å². The molecule has 4 bridgehead atoms. The predicted molar refractivity (Wildman–Crippen MR) is 274 cm³/mol. The molecule has 0 radical (unpaired) electrons. The van der Waals surface area contributed by atoms with Crippen LogP contribution in [0.1, 0.15) is 38.5 Å². The van der Waals surface area contributed by atoms with Gasteiger partial charge in [0.25, 0.3) is 0 Å². The van der Waals surface area contributed by atoms with E-state index in [1.807, 2.05) is 0 Å². The lowest BCUT2D eigenvalue weighted by atomic mass is 9.96. The van der Waals surface area contributed by atoms with Crippen molar-refractivity contribution in [2.75, 3.05) is 52.9 Å². The van der Waals surface area contributed by atoms with Gasteiger partial charge in [-0.15, -0.1) is 0 Å². The van der Waals surface area contributed by atoms with Gasteiger partial charge >= 0.3 is 0 Å². The molecule has 512 valence electrons. The summed E-state index contributed by atoms with van der Waals surface area (Å²) in [7, 11) is 0. The quantitative estimate of drug-likeness (QED) is 0.0768. The highest BCUT2D eigenvalue weighted by Crippen LogP contribution is 2.34. The summed E-state index contributed by atoms with van der Waals surface area (Å²) in [4.78, 5) is 0. The van der Waals surface area contributed by atoms with Crippen LogP contribution in [0.3, 0.4) is 0 Å². The second kappa shape index (κ2) is 36.7. The maximum absolute atomic E-state index is 11.2. The molecule has 40 nitrogen and oxygen atoms in total.